The summed E-state index contributed by atoms with van der Waals surface area (Å²) in [5.74, 6) is -0.689. The van der Waals surface area contributed by atoms with E-state index in [-0.39, 0.29) is 28.6 Å². The molecule has 2 aromatic carbocycles. The number of hydrogen-bond acceptors (Lipinski definition) is 5. The first-order chi connectivity index (χ1) is 13.4. The molecule has 7 heteroatoms. The van der Waals surface area contributed by atoms with Crippen molar-refractivity contribution < 1.29 is 24.2 Å². The lowest BCUT2D eigenvalue weighted by Crippen LogP contribution is -2.24. The highest BCUT2D eigenvalue weighted by molar-refractivity contribution is 9.10. The monoisotopic (exact) mass is 443 g/mol. The van der Waals surface area contributed by atoms with Crippen molar-refractivity contribution in [2.75, 3.05) is 19.1 Å². The van der Waals surface area contributed by atoms with E-state index in [1.165, 1.54) is 25.2 Å². The molecule has 2 aromatic rings. The minimum atomic E-state index is -0.597. The molecule has 0 aromatic heterocycles. The van der Waals surface area contributed by atoms with Crippen LogP contribution in [-0.2, 0) is 14.3 Å². The number of anilines is 1. The lowest BCUT2D eigenvalue weighted by Gasteiger charge is -2.18. The van der Waals surface area contributed by atoms with Gasteiger partial charge in [-0.05, 0) is 48.9 Å². The van der Waals surface area contributed by atoms with Crippen LogP contribution >= 0.6 is 15.9 Å². The molecule has 1 aliphatic rings. The van der Waals surface area contributed by atoms with Gasteiger partial charge in [0.25, 0.3) is 5.91 Å². The number of phenols is 1. The maximum absolute atomic E-state index is 13.2. The summed E-state index contributed by atoms with van der Waals surface area (Å²) in [6.07, 6.45) is 1.58. The summed E-state index contributed by atoms with van der Waals surface area (Å²) in [7, 11) is 2.71. The minimum absolute atomic E-state index is 0.0157. The van der Waals surface area contributed by atoms with Crippen LogP contribution < -0.4 is 9.64 Å². The number of aromatic hydroxyl groups is 1. The zero-order chi connectivity index (χ0) is 20.4. The third kappa shape index (κ3) is 3.53. The van der Waals surface area contributed by atoms with Crippen LogP contribution in [0, 0.1) is 0 Å². The normalized spacial score (nSPS) is 15.4. The van der Waals surface area contributed by atoms with Crippen molar-refractivity contribution >= 4 is 39.6 Å². The first-order valence-corrected chi connectivity index (χ1v) is 9.15. The Hall–Kier alpha value is -3.06. The Morgan fingerprint density at radius 3 is 2.57 bits per heavy atom. The van der Waals surface area contributed by atoms with E-state index in [1.54, 1.807) is 37.3 Å². The molecule has 1 amide bonds. The number of ether oxygens (including phenoxy) is 2. The van der Waals surface area contributed by atoms with Crippen LogP contribution in [0.1, 0.15) is 12.5 Å². The van der Waals surface area contributed by atoms with Gasteiger partial charge in [-0.3, -0.25) is 9.69 Å². The topological polar surface area (TPSA) is 76.1 Å². The summed E-state index contributed by atoms with van der Waals surface area (Å²) >= 11 is 3.40. The molecule has 0 radical (unpaired) electrons. The van der Waals surface area contributed by atoms with Gasteiger partial charge in [0.2, 0.25) is 0 Å². The van der Waals surface area contributed by atoms with E-state index in [0.29, 0.717) is 16.9 Å². The van der Waals surface area contributed by atoms with E-state index in [1.807, 2.05) is 12.1 Å². The highest BCUT2D eigenvalue weighted by Crippen LogP contribution is 2.37. The molecule has 28 heavy (non-hydrogen) atoms. The van der Waals surface area contributed by atoms with Crippen LogP contribution in [-0.4, -0.2) is 31.2 Å². The number of hydrogen-bond donors (Lipinski definition) is 1. The molecule has 3 rings (SSSR count). The van der Waals surface area contributed by atoms with Crippen LogP contribution in [0.4, 0.5) is 5.69 Å². The SMILES string of the molecule is COC(=O)C1=C(C)N(c2cccc(Br)c2)C(=O)/C1=C\c1ccc(O)c(OC)c1. The van der Waals surface area contributed by atoms with E-state index in [9.17, 15) is 14.7 Å². The fraction of sp³-hybridized carbons (Fsp3) is 0.143. The number of amides is 1. The van der Waals surface area contributed by atoms with E-state index in [0.717, 1.165) is 4.47 Å². The summed E-state index contributed by atoms with van der Waals surface area (Å²) < 4.78 is 10.8. The van der Waals surface area contributed by atoms with Gasteiger partial charge < -0.3 is 14.6 Å². The first-order valence-electron chi connectivity index (χ1n) is 8.35. The second-order valence-corrected chi connectivity index (χ2v) is 6.98. The fourth-order valence-electron chi connectivity index (χ4n) is 3.06. The van der Waals surface area contributed by atoms with Gasteiger partial charge in [-0.1, -0.05) is 28.1 Å². The fourth-order valence-corrected chi connectivity index (χ4v) is 3.44. The predicted molar refractivity (Wildman–Crippen MR) is 109 cm³/mol. The Morgan fingerprint density at radius 2 is 1.93 bits per heavy atom. The highest BCUT2D eigenvalue weighted by atomic mass is 79.9. The molecule has 0 saturated heterocycles. The molecule has 0 aliphatic carbocycles. The molecule has 144 valence electrons. The average Bonchev–Trinajstić information content (AvgIpc) is 2.92. The van der Waals surface area contributed by atoms with Crippen molar-refractivity contribution in [3.63, 3.8) is 0 Å². The van der Waals surface area contributed by atoms with E-state index >= 15 is 0 Å². The van der Waals surface area contributed by atoms with Crippen LogP contribution in [0.5, 0.6) is 11.5 Å². The molecular weight excluding hydrogens is 426 g/mol. The van der Waals surface area contributed by atoms with E-state index < -0.39 is 5.97 Å². The molecule has 0 spiro atoms. The summed E-state index contributed by atoms with van der Waals surface area (Å²) in [6, 6.07) is 11.9. The number of phenolic OH excluding ortho intramolecular Hbond substituents is 1. The van der Waals surface area contributed by atoms with Crippen molar-refractivity contribution in [2.24, 2.45) is 0 Å². The molecule has 1 aliphatic heterocycles. The largest absolute Gasteiger partial charge is 0.504 e. The van der Waals surface area contributed by atoms with Crippen LogP contribution in [0.25, 0.3) is 6.08 Å². The summed E-state index contributed by atoms with van der Waals surface area (Å²) in [5.41, 5.74) is 2.11. The second-order valence-electron chi connectivity index (χ2n) is 6.06. The predicted octanol–water partition coefficient (Wildman–Crippen LogP) is 4.04. The Kier molecular flexibility index (Phi) is 5.56. The van der Waals surface area contributed by atoms with Gasteiger partial charge in [0, 0.05) is 10.2 Å². The van der Waals surface area contributed by atoms with Crippen LogP contribution in [0.3, 0.4) is 0 Å². The van der Waals surface area contributed by atoms with Crippen LogP contribution in [0.15, 0.2) is 63.8 Å². The molecule has 0 saturated carbocycles. The molecular formula is C21H18BrNO5. The molecule has 0 bridgehead atoms. The number of allylic oxidation sites excluding steroid dienone is 1. The second kappa shape index (κ2) is 7.90. The molecule has 1 N–H and O–H groups in total. The summed E-state index contributed by atoms with van der Waals surface area (Å²) in [6.45, 7) is 1.70. The third-order valence-electron chi connectivity index (χ3n) is 4.37. The zero-order valence-corrected chi connectivity index (χ0v) is 17.1. The summed E-state index contributed by atoms with van der Waals surface area (Å²) in [5, 5.41) is 9.78. The number of rotatable bonds is 4. The van der Waals surface area contributed by atoms with Gasteiger partial charge in [0.05, 0.1) is 31.1 Å². The third-order valence-corrected chi connectivity index (χ3v) is 4.86. The smallest absolute Gasteiger partial charge is 0.340 e. The number of carbonyl (C=O) groups is 2. The van der Waals surface area contributed by atoms with Gasteiger partial charge in [0.1, 0.15) is 0 Å². The standard InChI is InChI=1S/C21H18BrNO5/c1-12-19(21(26)28-3)16(9-13-7-8-17(24)18(10-13)27-2)20(25)23(12)15-6-4-5-14(22)11-15/h4-11,24H,1-3H3/b16-9-. The van der Waals surface area contributed by atoms with Gasteiger partial charge in [-0.2, -0.15) is 0 Å². The van der Waals surface area contributed by atoms with Crippen LogP contribution in [0.2, 0.25) is 0 Å². The lowest BCUT2D eigenvalue weighted by molar-refractivity contribution is -0.136. The van der Waals surface area contributed by atoms with Gasteiger partial charge in [-0.15, -0.1) is 0 Å². The zero-order valence-electron chi connectivity index (χ0n) is 15.5. The summed E-state index contributed by atoms with van der Waals surface area (Å²) in [4.78, 5) is 27.1. The van der Waals surface area contributed by atoms with E-state index in [4.69, 9.17) is 9.47 Å². The highest BCUT2D eigenvalue weighted by Gasteiger charge is 2.37. The van der Waals surface area contributed by atoms with Gasteiger partial charge >= 0.3 is 5.97 Å². The molecule has 0 fully saturated rings. The maximum Gasteiger partial charge on any atom is 0.340 e. The van der Waals surface area contributed by atoms with E-state index in [2.05, 4.69) is 15.9 Å². The quantitative estimate of drug-likeness (QED) is 0.569. The maximum atomic E-state index is 13.2. The van der Waals surface area contributed by atoms with Crippen molar-refractivity contribution in [3.05, 3.63) is 69.3 Å². The molecule has 0 atom stereocenters. The van der Waals surface area contributed by atoms with Crippen molar-refractivity contribution in [2.45, 2.75) is 6.92 Å². The Morgan fingerprint density at radius 1 is 1.18 bits per heavy atom. The lowest BCUT2D eigenvalue weighted by atomic mass is 10.0. The Bertz CT molecular complexity index is 1030. The number of benzene rings is 2. The van der Waals surface area contributed by atoms with Crippen molar-refractivity contribution in [3.8, 4) is 11.5 Å². The number of nitrogens with zero attached hydrogens (tertiary/aromatic N) is 1. The minimum Gasteiger partial charge on any atom is -0.504 e. The van der Waals surface area contributed by atoms with Gasteiger partial charge in [-0.25, -0.2) is 4.79 Å². The number of halogens is 1. The molecule has 0 unspecified atom stereocenters. The number of methoxy groups -OCH3 is 2. The van der Waals surface area contributed by atoms with Crippen molar-refractivity contribution in [1.29, 1.82) is 0 Å². The van der Waals surface area contributed by atoms with Crippen molar-refractivity contribution in [1.82, 2.24) is 0 Å². The average molecular weight is 444 g/mol. The first kappa shape index (κ1) is 19.7. The number of carbonyl (C=O) groups excluding carboxylic acids is 2. The Balaban J connectivity index is 2.15. The Labute approximate surface area is 170 Å². The molecule has 1 heterocycles. The number of esters is 1. The molecule has 6 nitrogen and oxygen atoms in total. The van der Waals surface area contributed by atoms with Gasteiger partial charge in [0.15, 0.2) is 11.5 Å².